The predicted octanol–water partition coefficient (Wildman–Crippen LogP) is 0.502. The van der Waals surface area contributed by atoms with Gasteiger partial charge in [-0.05, 0) is 25.7 Å². The van der Waals surface area contributed by atoms with E-state index < -0.39 is 90.5 Å². The van der Waals surface area contributed by atoms with E-state index in [1.807, 2.05) is 0 Å². The number of carboxylic acids is 1. The number of ether oxygens (including phenoxy) is 1. The molecule has 26 nitrogen and oxygen atoms in total. The van der Waals surface area contributed by atoms with Crippen LogP contribution in [0.15, 0.2) is 24.8 Å². The lowest BCUT2D eigenvalue weighted by atomic mass is 9.87. The summed E-state index contributed by atoms with van der Waals surface area (Å²) in [6.07, 6.45) is -5.90. The van der Waals surface area contributed by atoms with Crippen LogP contribution in [0.25, 0.3) is 11.2 Å². The topological polar surface area (TPSA) is 401 Å². The summed E-state index contributed by atoms with van der Waals surface area (Å²) in [5.74, 6) is -2.44. The second-order valence-corrected chi connectivity index (χ2v) is 19.7. The van der Waals surface area contributed by atoms with Gasteiger partial charge in [0, 0.05) is 37.1 Å². The molecule has 3 unspecified atom stereocenters. The summed E-state index contributed by atoms with van der Waals surface area (Å²) in [7, 11) is -16.5. The van der Waals surface area contributed by atoms with Crippen molar-refractivity contribution in [1.82, 2.24) is 30.2 Å². The standard InChI is InChI=1S/C31H50N7O19P3S/c1-17(2)18(12-21(40)41)6-5-7-22(42)61-11-10-33-20(39)8-9-34-29(45)26(44)31(3,4)14-54-60(51,52)57-59(49,50)53-13-19-25(56-58(46,47)48)24(43)30(55-19)38-16-37-23-27(32)35-15-36-28(23)38/h15-16,18-19,24-26,30,43-44H,1,5-14H2,2-4H3,(H,33,39)(H,34,45)(H,40,41)(H,49,50)(H,51,52)(H2,32,35,36)(H2,46,47,48)/t18?,19-,24-,25-,26+,30-/m1/s1. The molecule has 0 spiro atoms. The van der Waals surface area contributed by atoms with Gasteiger partial charge < -0.3 is 56.0 Å². The van der Waals surface area contributed by atoms with Gasteiger partial charge in [-0.15, -0.1) is 0 Å². The van der Waals surface area contributed by atoms with Gasteiger partial charge in [0.2, 0.25) is 11.8 Å². The number of phosphoric acid groups is 3. The lowest BCUT2D eigenvalue weighted by Crippen LogP contribution is -2.46. The van der Waals surface area contributed by atoms with Crippen molar-refractivity contribution in [3.05, 3.63) is 24.8 Å². The number of nitrogens with zero attached hydrogens (tertiary/aromatic N) is 4. The molecular formula is C31H50N7O19P3S. The van der Waals surface area contributed by atoms with Crippen molar-refractivity contribution in [2.45, 2.75) is 83.5 Å². The normalized spacial score (nSPS) is 21.3. The molecule has 0 saturated carbocycles. The Morgan fingerprint density at radius 2 is 1.72 bits per heavy atom. The molecule has 2 aromatic heterocycles. The highest BCUT2D eigenvalue weighted by atomic mass is 32.2. The Morgan fingerprint density at radius 3 is 2.36 bits per heavy atom. The van der Waals surface area contributed by atoms with Gasteiger partial charge in [0.15, 0.2) is 22.8 Å². The molecule has 0 bridgehead atoms. The summed E-state index contributed by atoms with van der Waals surface area (Å²) in [5, 5.41) is 35.3. The molecule has 0 aliphatic carbocycles. The third-order valence-electron chi connectivity index (χ3n) is 8.82. The maximum Gasteiger partial charge on any atom is 0.481 e. The fourth-order valence-electron chi connectivity index (χ4n) is 5.59. The largest absolute Gasteiger partial charge is 0.481 e. The number of carboxylic acid groups (broad SMARTS) is 1. The van der Waals surface area contributed by atoms with Gasteiger partial charge in [-0.1, -0.05) is 37.8 Å². The zero-order valence-electron chi connectivity index (χ0n) is 33.0. The Balaban J connectivity index is 1.42. The van der Waals surface area contributed by atoms with Crippen molar-refractivity contribution in [2.75, 3.05) is 37.8 Å². The number of hydrogen-bond donors (Lipinski definition) is 10. The molecule has 61 heavy (non-hydrogen) atoms. The van der Waals surface area contributed by atoms with Crippen LogP contribution in [0.2, 0.25) is 0 Å². The molecule has 2 aromatic rings. The fraction of sp³-hybridized carbons (Fsp3) is 0.645. The number of anilines is 1. The molecule has 1 fully saturated rings. The summed E-state index contributed by atoms with van der Waals surface area (Å²) in [5.41, 5.74) is 4.95. The number of aromatic nitrogens is 4. The number of thioether (sulfide) groups is 1. The minimum Gasteiger partial charge on any atom is -0.481 e. The van der Waals surface area contributed by atoms with Gasteiger partial charge in [-0.3, -0.25) is 37.3 Å². The summed E-state index contributed by atoms with van der Waals surface area (Å²) in [6.45, 7) is 5.84. The zero-order valence-corrected chi connectivity index (χ0v) is 36.5. The molecule has 0 aromatic carbocycles. The average Bonchev–Trinajstić information content (AvgIpc) is 3.70. The number of nitrogens with two attached hydrogens (primary N) is 1. The minimum absolute atomic E-state index is 0.0210. The number of carbonyl (C=O) groups excluding carboxylic acids is 3. The van der Waals surface area contributed by atoms with Crippen molar-refractivity contribution >= 4 is 75.1 Å². The van der Waals surface area contributed by atoms with Crippen LogP contribution >= 0.6 is 35.2 Å². The van der Waals surface area contributed by atoms with Gasteiger partial charge in [0.25, 0.3) is 0 Å². The Bertz CT molecular complexity index is 2040. The minimum atomic E-state index is -5.59. The number of aliphatic carboxylic acids is 1. The molecule has 30 heteroatoms. The van der Waals surface area contributed by atoms with Crippen LogP contribution in [0.4, 0.5) is 5.82 Å². The van der Waals surface area contributed by atoms with Crippen molar-refractivity contribution < 1.29 is 90.4 Å². The highest BCUT2D eigenvalue weighted by molar-refractivity contribution is 8.13. The van der Waals surface area contributed by atoms with Crippen LogP contribution in [0.5, 0.6) is 0 Å². The van der Waals surface area contributed by atoms with Gasteiger partial charge in [-0.25, -0.2) is 28.6 Å². The van der Waals surface area contributed by atoms with E-state index >= 15 is 0 Å². The van der Waals surface area contributed by atoms with Gasteiger partial charge in [0.1, 0.15) is 36.3 Å². The summed E-state index contributed by atoms with van der Waals surface area (Å²) >= 11 is 1.01. The highest BCUT2D eigenvalue weighted by Crippen LogP contribution is 2.61. The third-order valence-corrected chi connectivity index (χ3v) is 12.9. The van der Waals surface area contributed by atoms with Crippen LogP contribution in [0, 0.1) is 11.3 Å². The molecule has 3 rings (SSSR count). The first kappa shape index (κ1) is 52.1. The third kappa shape index (κ3) is 16.8. The first-order valence-corrected chi connectivity index (χ1v) is 23.6. The van der Waals surface area contributed by atoms with E-state index in [1.54, 1.807) is 6.92 Å². The lowest BCUT2D eigenvalue weighted by molar-refractivity contribution is -0.138. The number of aliphatic hydroxyl groups excluding tert-OH is 2. The molecule has 2 amide bonds. The number of nitrogens with one attached hydrogen (secondary N) is 2. The SMILES string of the molecule is C=C(C)C(CCCC(=O)SCCNC(=O)CCNC(=O)[C@H](O)C(C)(C)COP(=O)(O)OP(=O)(O)OC[C@H]1O[C@@H](n2cnc3c(N)ncnc32)[C@H](O)[C@@H]1OP(=O)(O)O)CC(=O)O. The first-order chi connectivity index (χ1) is 28.2. The van der Waals surface area contributed by atoms with E-state index in [2.05, 4.69) is 41.0 Å². The van der Waals surface area contributed by atoms with Crippen LogP contribution in [0.1, 0.15) is 59.1 Å². The van der Waals surface area contributed by atoms with Crippen LogP contribution < -0.4 is 16.4 Å². The monoisotopic (exact) mass is 949 g/mol. The first-order valence-electron chi connectivity index (χ1n) is 18.1. The van der Waals surface area contributed by atoms with E-state index in [0.717, 1.165) is 34.6 Å². The summed E-state index contributed by atoms with van der Waals surface area (Å²) in [6, 6.07) is 0. The maximum atomic E-state index is 12.7. The maximum absolute atomic E-state index is 12.7. The van der Waals surface area contributed by atoms with Crippen molar-refractivity contribution in [3.63, 3.8) is 0 Å². The number of carbonyl (C=O) groups is 4. The fourth-order valence-corrected chi connectivity index (χ4v) is 9.14. The number of fused-ring (bicyclic) bond motifs is 1. The van der Waals surface area contributed by atoms with E-state index in [1.165, 1.54) is 13.8 Å². The smallest absolute Gasteiger partial charge is 0.481 e. The number of imidazole rings is 1. The average molecular weight is 950 g/mol. The number of hydrogen-bond acceptors (Lipinski definition) is 19. The molecule has 1 aliphatic heterocycles. The number of allylic oxidation sites excluding steroid dienone is 1. The zero-order chi connectivity index (χ0) is 45.9. The quantitative estimate of drug-likeness (QED) is 0.0349. The van der Waals surface area contributed by atoms with E-state index in [-0.39, 0.29) is 66.1 Å². The Labute approximate surface area is 352 Å². The van der Waals surface area contributed by atoms with Gasteiger partial charge in [-0.2, -0.15) is 4.31 Å². The number of rotatable bonds is 26. The Hall–Kier alpha value is -3.23. The highest BCUT2D eigenvalue weighted by Gasteiger charge is 2.50. The molecule has 1 aliphatic rings. The Kier molecular flexibility index (Phi) is 19.1. The molecule has 3 heterocycles. The number of aliphatic hydroxyl groups is 2. The van der Waals surface area contributed by atoms with E-state index in [4.69, 9.17) is 24.6 Å². The van der Waals surface area contributed by atoms with Gasteiger partial charge in [0.05, 0.1) is 26.0 Å². The molecule has 8 atom stereocenters. The van der Waals surface area contributed by atoms with Crippen LogP contribution in [0.3, 0.4) is 0 Å². The molecule has 0 radical (unpaired) electrons. The van der Waals surface area contributed by atoms with E-state index in [0.29, 0.717) is 12.8 Å². The second-order valence-electron chi connectivity index (χ2n) is 14.3. The summed E-state index contributed by atoms with van der Waals surface area (Å²) < 4.78 is 62.2. The molecule has 1 saturated heterocycles. The molecule has 11 N–H and O–H groups in total. The Morgan fingerprint density at radius 1 is 1.05 bits per heavy atom. The summed E-state index contributed by atoms with van der Waals surface area (Å²) in [4.78, 5) is 98.9. The van der Waals surface area contributed by atoms with Crippen molar-refractivity contribution in [1.29, 1.82) is 0 Å². The van der Waals surface area contributed by atoms with Crippen LogP contribution in [-0.2, 0) is 55.5 Å². The number of nitrogen functional groups attached to an aromatic ring is 1. The molecule has 344 valence electrons. The van der Waals surface area contributed by atoms with Gasteiger partial charge >= 0.3 is 29.4 Å². The molecular weight excluding hydrogens is 899 g/mol. The number of phosphoric ester groups is 3. The lowest BCUT2D eigenvalue weighted by Gasteiger charge is -2.30. The predicted molar refractivity (Wildman–Crippen MR) is 212 cm³/mol. The second kappa shape index (κ2) is 22.4. The van der Waals surface area contributed by atoms with Crippen LogP contribution in [-0.4, -0.2) is 134 Å². The van der Waals surface area contributed by atoms with E-state index in [9.17, 15) is 62.7 Å². The van der Waals surface area contributed by atoms with Crippen molar-refractivity contribution in [3.8, 4) is 0 Å². The van der Waals surface area contributed by atoms with Crippen molar-refractivity contribution in [2.24, 2.45) is 11.3 Å². The number of amides is 2.